The largest absolute Gasteiger partial charge is 0.385 e. The Labute approximate surface area is 113 Å². The number of nitrogens with zero attached hydrogens (tertiary/aromatic N) is 1. The first-order chi connectivity index (χ1) is 9.07. The van der Waals surface area contributed by atoms with Crippen LogP contribution in [0.3, 0.4) is 0 Å². The van der Waals surface area contributed by atoms with E-state index in [0.29, 0.717) is 18.1 Å². The first-order valence-corrected chi connectivity index (χ1v) is 7.00. The number of halogens is 1. The third kappa shape index (κ3) is 3.12. The summed E-state index contributed by atoms with van der Waals surface area (Å²) >= 11 is 0. The second kappa shape index (κ2) is 5.97. The SMILES string of the molecule is CCOC1(C(O)c2cncc(F)c2)CCC(C)CC1. The normalized spacial score (nSPS) is 29.2. The van der Waals surface area contributed by atoms with Crippen molar-refractivity contribution in [2.24, 2.45) is 5.92 Å². The molecule has 0 bridgehead atoms. The summed E-state index contributed by atoms with van der Waals surface area (Å²) in [7, 11) is 0. The summed E-state index contributed by atoms with van der Waals surface area (Å²) in [5.41, 5.74) is -0.0838. The van der Waals surface area contributed by atoms with Gasteiger partial charge in [0.05, 0.1) is 11.8 Å². The highest BCUT2D eigenvalue weighted by Gasteiger charge is 2.42. The number of ether oxygens (including phenoxy) is 1. The Hall–Kier alpha value is -1.00. The van der Waals surface area contributed by atoms with E-state index in [4.69, 9.17) is 4.74 Å². The Balaban J connectivity index is 2.23. The fourth-order valence-electron chi connectivity index (χ4n) is 2.92. The highest BCUT2D eigenvalue weighted by molar-refractivity contribution is 5.18. The van der Waals surface area contributed by atoms with Crippen molar-refractivity contribution in [3.63, 3.8) is 0 Å². The Morgan fingerprint density at radius 1 is 1.47 bits per heavy atom. The van der Waals surface area contributed by atoms with Crippen molar-refractivity contribution < 1.29 is 14.2 Å². The molecule has 19 heavy (non-hydrogen) atoms. The molecule has 106 valence electrons. The lowest BCUT2D eigenvalue weighted by molar-refractivity contribution is -0.146. The molecule has 0 aromatic carbocycles. The van der Waals surface area contributed by atoms with Gasteiger partial charge in [0.15, 0.2) is 0 Å². The summed E-state index contributed by atoms with van der Waals surface area (Å²) in [6.45, 7) is 4.69. The molecule has 1 aromatic heterocycles. The predicted octanol–water partition coefficient (Wildman–Crippen LogP) is 3.24. The molecule has 0 radical (unpaired) electrons. The van der Waals surface area contributed by atoms with Gasteiger partial charge in [0.25, 0.3) is 0 Å². The summed E-state index contributed by atoms with van der Waals surface area (Å²) < 4.78 is 19.1. The Morgan fingerprint density at radius 3 is 2.74 bits per heavy atom. The number of rotatable bonds is 4. The molecule has 1 N–H and O–H groups in total. The average molecular weight is 267 g/mol. The maximum atomic E-state index is 13.3. The molecule has 2 rings (SSSR count). The summed E-state index contributed by atoms with van der Waals surface area (Å²) in [5, 5.41) is 10.6. The molecule has 4 heteroatoms. The van der Waals surface area contributed by atoms with Crippen LogP contribution in [-0.2, 0) is 4.74 Å². The van der Waals surface area contributed by atoms with Gasteiger partial charge in [-0.1, -0.05) is 6.92 Å². The molecule has 0 saturated heterocycles. The molecule has 1 aliphatic carbocycles. The van der Waals surface area contributed by atoms with E-state index in [1.165, 1.54) is 12.3 Å². The average Bonchev–Trinajstić information content (AvgIpc) is 2.41. The lowest BCUT2D eigenvalue weighted by atomic mass is 9.75. The van der Waals surface area contributed by atoms with E-state index in [1.807, 2.05) is 6.92 Å². The van der Waals surface area contributed by atoms with Crippen molar-refractivity contribution in [2.45, 2.75) is 51.2 Å². The monoisotopic (exact) mass is 267 g/mol. The zero-order valence-electron chi connectivity index (χ0n) is 11.6. The highest BCUT2D eigenvalue weighted by Crippen LogP contribution is 2.43. The van der Waals surface area contributed by atoms with Crippen molar-refractivity contribution in [1.82, 2.24) is 4.98 Å². The Kier molecular flexibility index (Phi) is 4.53. The summed E-state index contributed by atoms with van der Waals surface area (Å²) in [5.74, 6) is 0.235. The zero-order valence-corrected chi connectivity index (χ0v) is 11.6. The smallest absolute Gasteiger partial charge is 0.141 e. The highest BCUT2D eigenvalue weighted by atomic mass is 19.1. The van der Waals surface area contributed by atoms with Crippen molar-refractivity contribution >= 4 is 0 Å². The van der Waals surface area contributed by atoms with Crippen molar-refractivity contribution in [1.29, 1.82) is 0 Å². The van der Waals surface area contributed by atoms with E-state index in [2.05, 4.69) is 11.9 Å². The van der Waals surface area contributed by atoms with Crippen LogP contribution in [0.5, 0.6) is 0 Å². The second-order valence-electron chi connectivity index (χ2n) is 5.52. The minimum absolute atomic E-state index is 0.424. The van der Waals surface area contributed by atoms with Crippen molar-refractivity contribution in [2.75, 3.05) is 6.61 Å². The van der Waals surface area contributed by atoms with Gasteiger partial charge in [-0.15, -0.1) is 0 Å². The van der Waals surface area contributed by atoms with E-state index in [1.54, 1.807) is 0 Å². The maximum absolute atomic E-state index is 13.3. The summed E-state index contributed by atoms with van der Waals surface area (Å²) in [4.78, 5) is 3.82. The van der Waals surface area contributed by atoms with E-state index in [-0.39, 0.29) is 0 Å². The molecule has 3 nitrogen and oxygen atoms in total. The molecule has 0 spiro atoms. The molecule has 0 aliphatic heterocycles. The van der Waals surface area contributed by atoms with Gasteiger partial charge in [-0.3, -0.25) is 4.98 Å². The van der Waals surface area contributed by atoms with Gasteiger partial charge in [0.2, 0.25) is 0 Å². The van der Waals surface area contributed by atoms with Crippen LogP contribution >= 0.6 is 0 Å². The number of aliphatic hydroxyl groups excluding tert-OH is 1. The third-order valence-electron chi connectivity index (χ3n) is 4.09. The summed E-state index contributed by atoms with van der Waals surface area (Å²) in [6, 6.07) is 1.34. The van der Waals surface area contributed by atoms with Crippen LogP contribution in [0.2, 0.25) is 0 Å². The lowest BCUT2D eigenvalue weighted by Gasteiger charge is -2.42. The van der Waals surface area contributed by atoms with Crippen LogP contribution in [0.25, 0.3) is 0 Å². The minimum atomic E-state index is -0.817. The van der Waals surface area contributed by atoms with E-state index >= 15 is 0 Å². The molecule has 1 aliphatic rings. The Morgan fingerprint density at radius 2 is 2.16 bits per heavy atom. The number of pyridine rings is 1. The van der Waals surface area contributed by atoms with E-state index < -0.39 is 17.5 Å². The lowest BCUT2D eigenvalue weighted by Crippen LogP contribution is -2.43. The molecule has 1 unspecified atom stereocenters. The van der Waals surface area contributed by atoms with Crippen LogP contribution < -0.4 is 0 Å². The van der Waals surface area contributed by atoms with Crippen molar-refractivity contribution in [3.05, 3.63) is 29.8 Å². The summed E-state index contributed by atoms with van der Waals surface area (Å²) in [6.07, 6.45) is 5.51. The quantitative estimate of drug-likeness (QED) is 0.910. The minimum Gasteiger partial charge on any atom is -0.385 e. The number of aromatic nitrogens is 1. The van der Waals surface area contributed by atoms with Gasteiger partial charge in [-0.2, -0.15) is 0 Å². The van der Waals surface area contributed by atoms with E-state index in [9.17, 15) is 9.50 Å². The number of hydrogen-bond acceptors (Lipinski definition) is 3. The van der Waals surface area contributed by atoms with Crippen LogP contribution in [0.1, 0.15) is 51.2 Å². The van der Waals surface area contributed by atoms with Gasteiger partial charge in [0.1, 0.15) is 11.9 Å². The van der Waals surface area contributed by atoms with Gasteiger partial charge >= 0.3 is 0 Å². The molecule has 0 amide bonds. The van der Waals surface area contributed by atoms with Crippen molar-refractivity contribution in [3.8, 4) is 0 Å². The molecule has 1 fully saturated rings. The first kappa shape index (κ1) is 14.4. The molecule has 1 heterocycles. The Bertz CT molecular complexity index is 416. The maximum Gasteiger partial charge on any atom is 0.141 e. The molecule has 1 saturated carbocycles. The van der Waals surface area contributed by atoms with Gasteiger partial charge < -0.3 is 9.84 Å². The van der Waals surface area contributed by atoms with Crippen LogP contribution in [0.15, 0.2) is 18.5 Å². The topological polar surface area (TPSA) is 42.4 Å². The predicted molar refractivity (Wildman–Crippen MR) is 71.1 cm³/mol. The fourth-order valence-corrected chi connectivity index (χ4v) is 2.92. The number of aliphatic hydroxyl groups is 1. The van der Waals surface area contributed by atoms with Gasteiger partial charge in [0, 0.05) is 18.4 Å². The standard InChI is InChI=1S/C15H22FNO2/c1-3-19-15(6-4-11(2)5-7-15)14(18)12-8-13(16)10-17-9-12/h8-11,14,18H,3-7H2,1-2H3. The second-order valence-corrected chi connectivity index (χ2v) is 5.52. The number of hydrogen-bond donors (Lipinski definition) is 1. The van der Waals surface area contributed by atoms with Gasteiger partial charge in [-0.05, 0) is 44.6 Å². The molecular formula is C15H22FNO2. The molecule has 1 atom stereocenters. The fraction of sp³-hybridized carbons (Fsp3) is 0.667. The zero-order chi connectivity index (χ0) is 13.9. The first-order valence-electron chi connectivity index (χ1n) is 7.00. The van der Waals surface area contributed by atoms with Gasteiger partial charge in [-0.25, -0.2) is 4.39 Å². The van der Waals surface area contributed by atoms with Crippen LogP contribution in [0.4, 0.5) is 4.39 Å². The van der Waals surface area contributed by atoms with E-state index in [0.717, 1.165) is 31.9 Å². The van der Waals surface area contributed by atoms with Crippen LogP contribution in [-0.4, -0.2) is 22.3 Å². The van der Waals surface area contributed by atoms with Crippen LogP contribution in [0, 0.1) is 11.7 Å². The third-order valence-corrected chi connectivity index (χ3v) is 4.09. The molecular weight excluding hydrogens is 245 g/mol. The molecule has 1 aromatic rings.